The molecule has 0 saturated carbocycles. The van der Waals surface area contributed by atoms with Gasteiger partial charge in [0.2, 0.25) is 0 Å². The van der Waals surface area contributed by atoms with Crippen molar-refractivity contribution in [1.29, 1.82) is 0 Å². The molecule has 0 saturated heterocycles. The number of carboxylic acid groups (broad SMARTS) is 2. The Morgan fingerprint density at radius 1 is 1.04 bits per heavy atom. The van der Waals surface area contributed by atoms with E-state index < -0.39 is 54.3 Å². The number of carbonyl (C=O) groups is 4. The van der Waals surface area contributed by atoms with E-state index in [9.17, 15) is 24.3 Å². The predicted octanol–water partition coefficient (Wildman–Crippen LogP) is 0.720. The van der Waals surface area contributed by atoms with Gasteiger partial charge in [-0.15, -0.1) is 0 Å². The zero-order chi connectivity index (χ0) is 19.1. The van der Waals surface area contributed by atoms with Crippen LogP contribution in [0.3, 0.4) is 0 Å². The summed E-state index contributed by atoms with van der Waals surface area (Å²) >= 11 is 0. The topological polar surface area (TPSA) is 147 Å². The standard InChI is InChI=1S/C16H16O9/c1-8(2)15(22)24-6-10(17)7-25-16(23)12-5-9(13(18)19)3-4-11(12)14(20)21/h3-5,10,17H,1,6-7H2,2H3,(H,18,19)(H,20,21). The summed E-state index contributed by atoms with van der Waals surface area (Å²) < 4.78 is 9.41. The summed E-state index contributed by atoms with van der Waals surface area (Å²) in [5.41, 5.74) is -1.09. The monoisotopic (exact) mass is 352 g/mol. The summed E-state index contributed by atoms with van der Waals surface area (Å²) in [6, 6.07) is 2.86. The molecular formula is C16H16O9. The maximum atomic E-state index is 12.0. The molecule has 1 aromatic carbocycles. The highest BCUT2D eigenvalue weighted by atomic mass is 16.6. The number of benzene rings is 1. The molecule has 0 bridgehead atoms. The van der Waals surface area contributed by atoms with E-state index in [1.807, 2.05) is 0 Å². The highest BCUT2D eigenvalue weighted by Crippen LogP contribution is 2.14. The molecule has 3 N–H and O–H groups in total. The highest BCUT2D eigenvalue weighted by molar-refractivity contribution is 6.04. The number of esters is 2. The van der Waals surface area contributed by atoms with Gasteiger partial charge in [-0.25, -0.2) is 19.2 Å². The molecular weight excluding hydrogens is 336 g/mol. The summed E-state index contributed by atoms with van der Waals surface area (Å²) in [6.45, 7) is 3.72. The van der Waals surface area contributed by atoms with Crippen molar-refractivity contribution in [2.45, 2.75) is 13.0 Å². The van der Waals surface area contributed by atoms with Gasteiger partial charge in [0.05, 0.1) is 16.7 Å². The van der Waals surface area contributed by atoms with Gasteiger partial charge < -0.3 is 24.8 Å². The van der Waals surface area contributed by atoms with Gasteiger partial charge in [0.25, 0.3) is 0 Å². The molecule has 0 radical (unpaired) electrons. The fourth-order valence-corrected chi connectivity index (χ4v) is 1.63. The van der Waals surface area contributed by atoms with Crippen LogP contribution >= 0.6 is 0 Å². The average Bonchev–Trinajstić information content (AvgIpc) is 2.56. The van der Waals surface area contributed by atoms with Gasteiger partial charge in [-0.1, -0.05) is 6.58 Å². The molecule has 0 spiro atoms. The van der Waals surface area contributed by atoms with Crippen molar-refractivity contribution in [3.8, 4) is 0 Å². The minimum Gasteiger partial charge on any atom is -0.478 e. The summed E-state index contributed by atoms with van der Waals surface area (Å²) in [4.78, 5) is 45.2. The molecule has 0 aliphatic heterocycles. The second-order valence-corrected chi connectivity index (χ2v) is 5.00. The summed E-state index contributed by atoms with van der Waals surface area (Å²) in [5.74, 6) is -4.66. The van der Waals surface area contributed by atoms with Crippen LogP contribution in [0.4, 0.5) is 0 Å². The van der Waals surface area contributed by atoms with Gasteiger partial charge in [-0.05, 0) is 25.1 Å². The summed E-state index contributed by atoms with van der Waals surface area (Å²) in [5, 5.41) is 27.6. The van der Waals surface area contributed by atoms with Gasteiger partial charge in [0.1, 0.15) is 19.3 Å². The fourth-order valence-electron chi connectivity index (χ4n) is 1.63. The first-order valence-corrected chi connectivity index (χ1v) is 6.92. The van der Waals surface area contributed by atoms with E-state index in [1.165, 1.54) is 6.92 Å². The first-order chi connectivity index (χ1) is 11.6. The molecule has 9 heteroatoms. The van der Waals surface area contributed by atoms with E-state index in [0.29, 0.717) is 0 Å². The van der Waals surface area contributed by atoms with Crippen LogP contribution < -0.4 is 0 Å². The molecule has 9 nitrogen and oxygen atoms in total. The van der Waals surface area contributed by atoms with E-state index in [1.54, 1.807) is 0 Å². The number of aromatic carboxylic acids is 2. The number of hydrogen-bond donors (Lipinski definition) is 3. The van der Waals surface area contributed by atoms with Gasteiger partial charge in [0, 0.05) is 5.57 Å². The van der Waals surface area contributed by atoms with Gasteiger partial charge in [-0.3, -0.25) is 0 Å². The van der Waals surface area contributed by atoms with Crippen molar-refractivity contribution in [3.63, 3.8) is 0 Å². The molecule has 1 unspecified atom stereocenters. The zero-order valence-corrected chi connectivity index (χ0v) is 13.2. The number of carboxylic acids is 2. The number of carbonyl (C=O) groups excluding carboxylic acids is 2. The molecule has 0 aliphatic carbocycles. The van der Waals surface area contributed by atoms with Crippen molar-refractivity contribution in [3.05, 3.63) is 47.0 Å². The third kappa shape index (κ3) is 5.74. The Morgan fingerprint density at radius 2 is 1.64 bits per heavy atom. The van der Waals surface area contributed by atoms with Crippen LogP contribution in [0, 0.1) is 0 Å². The Labute approximate surface area is 142 Å². The van der Waals surface area contributed by atoms with Crippen LogP contribution in [0.15, 0.2) is 30.4 Å². The lowest BCUT2D eigenvalue weighted by molar-refractivity contribution is -0.142. The zero-order valence-electron chi connectivity index (χ0n) is 13.2. The average molecular weight is 352 g/mol. The molecule has 1 atom stereocenters. The molecule has 0 aromatic heterocycles. The van der Waals surface area contributed by atoms with Crippen LogP contribution in [-0.2, 0) is 14.3 Å². The Hall–Kier alpha value is -3.20. The van der Waals surface area contributed by atoms with Crippen molar-refractivity contribution in [2.24, 2.45) is 0 Å². The van der Waals surface area contributed by atoms with E-state index in [0.717, 1.165) is 18.2 Å². The van der Waals surface area contributed by atoms with Crippen molar-refractivity contribution >= 4 is 23.9 Å². The fraction of sp³-hybridized carbons (Fsp3) is 0.250. The lowest BCUT2D eigenvalue weighted by Gasteiger charge is -2.13. The smallest absolute Gasteiger partial charge is 0.339 e. The Bertz CT molecular complexity index is 720. The van der Waals surface area contributed by atoms with E-state index in [2.05, 4.69) is 11.3 Å². The summed E-state index contributed by atoms with van der Waals surface area (Å²) in [7, 11) is 0. The van der Waals surface area contributed by atoms with Crippen molar-refractivity contribution < 1.29 is 44.0 Å². The van der Waals surface area contributed by atoms with Gasteiger partial charge >= 0.3 is 23.9 Å². The second-order valence-electron chi connectivity index (χ2n) is 5.00. The SMILES string of the molecule is C=C(C)C(=O)OCC(O)COC(=O)c1cc(C(=O)O)ccc1C(=O)O. The normalized spacial score (nSPS) is 11.3. The molecule has 0 fully saturated rings. The number of aliphatic hydroxyl groups excluding tert-OH is 1. The molecule has 1 rings (SSSR count). The van der Waals surface area contributed by atoms with Crippen LogP contribution in [0.1, 0.15) is 38.0 Å². The molecule has 0 aliphatic rings. The first-order valence-electron chi connectivity index (χ1n) is 6.92. The van der Waals surface area contributed by atoms with Crippen LogP contribution in [0.25, 0.3) is 0 Å². The van der Waals surface area contributed by atoms with E-state index in [-0.39, 0.29) is 11.1 Å². The van der Waals surface area contributed by atoms with E-state index >= 15 is 0 Å². The lowest BCUT2D eigenvalue weighted by atomic mass is 10.0. The second kappa shape index (κ2) is 8.60. The minimum atomic E-state index is -1.44. The first kappa shape index (κ1) is 19.8. The molecule has 134 valence electrons. The minimum absolute atomic E-state index is 0.126. The quantitative estimate of drug-likeness (QED) is 0.454. The number of ether oxygens (including phenoxy) is 2. The Balaban J connectivity index is 2.78. The lowest BCUT2D eigenvalue weighted by Crippen LogP contribution is -2.26. The third-order valence-electron chi connectivity index (χ3n) is 2.88. The van der Waals surface area contributed by atoms with Crippen molar-refractivity contribution in [1.82, 2.24) is 0 Å². The predicted molar refractivity (Wildman–Crippen MR) is 82.4 cm³/mol. The summed E-state index contributed by atoms with van der Waals surface area (Å²) in [6.07, 6.45) is -1.34. The maximum Gasteiger partial charge on any atom is 0.339 e. The van der Waals surface area contributed by atoms with Gasteiger partial charge in [0.15, 0.2) is 0 Å². The third-order valence-corrected chi connectivity index (χ3v) is 2.88. The van der Waals surface area contributed by atoms with Crippen LogP contribution in [0.2, 0.25) is 0 Å². The maximum absolute atomic E-state index is 12.0. The Morgan fingerprint density at radius 3 is 2.16 bits per heavy atom. The van der Waals surface area contributed by atoms with Crippen LogP contribution in [0.5, 0.6) is 0 Å². The molecule has 25 heavy (non-hydrogen) atoms. The number of hydrogen-bond acceptors (Lipinski definition) is 7. The number of rotatable bonds is 8. The van der Waals surface area contributed by atoms with Gasteiger partial charge in [-0.2, -0.15) is 0 Å². The van der Waals surface area contributed by atoms with E-state index in [4.69, 9.17) is 14.9 Å². The molecule has 0 heterocycles. The largest absolute Gasteiger partial charge is 0.478 e. The Kier molecular flexibility index (Phi) is 6.82. The number of aliphatic hydroxyl groups is 1. The van der Waals surface area contributed by atoms with Crippen molar-refractivity contribution in [2.75, 3.05) is 13.2 Å². The van der Waals surface area contributed by atoms with Crippen LogP contribution in [-0.4, -0.2) is 58.5 Å². The molecule has 0 amide bonds. The molecule has 1 aromatic rings. The highest BCUT2D eigenvalue weighted by Gasteiger charge is 2.21.